The molecule has 0 aliphatic carbocycles. The van der Waals surface area contributed by atoms with Gasteiger partial charge in [0.05, 0.1) is 0 Å². The molecule has 0 spiro atoms. The highest BCUT2D eigenvalue weighted by atomic mass is 35.5. The van der Waals surface area contributed by atoms with Gasteiger partial charge in [-0.2, -0.15) is 0 Å². The first-order valence-electron chi connectivity index (χ1n) is 6.13. The van der Waals surface area contributed by atoms with Crippen LogP contribution in [0.3, 0.4) is 0 Å². The van der Waals surface area contributed by atoms with E-state index in [1.807, 2.05) is 18.2 Å². The normalized spacial score (nSPS) is 10.1. The first kappa shape index (κ1) is 14.2. The summed E-state index contributed by atoms with van der Waals surface area (Å²) in [6, 6.07) is 14.3. The van der Waals surface area contributed by atoms with Crippen LogP contribution in [0.25, 0.3) is 0 Å². The van der Waals surface area contributed by atoms with E-state index in [4.69, 9.17) is 22.1 Å². The number of hydrogen-bond donors (Lipinski definition) is 2. The lowest BCUT2D eigenvalue weighted by molar-refractivity contribution is -0.123. The number of nitrogens with one attached hydrogen (secondary N) is 1. The van der Waals surface area contributed by atoms with Crippen molar-refractivity contribution >= 4 is 23.2 Å². The van der Waals surface area contributed by atoms with E-state index in [1.165, 1.54) is 0 Å². The quantitative estimate of drug-likeness (QED) is 0.832. The minimum atomic E-state index is -0.215. The second-order valence-electron chi connectivity index (χ2n) is 4.23. The van der Waals surface area contributed by atoms with Gasteiger partial charge in [0.15, 0.2) is 6.61 Å². The number of benzene rings is 2. The van der Waals surface area contributed by atoms with Crippen molar-refractivity contribution in [2.24, 2.45) is 0 Å². The number of halogens is 1. The third-order valence-corrected chi connectivity index (χ3v) is 3.03. The molecule has 0 fully saturated rings. The number of nitrogens with two attached hydrogens (primary N) is 1. The summed E-state index contributed by atoms with van der Waals surface area (Å²) in [6.07, 6.45) is 0. The van der Waals surface area contributed by atoms with Crippen LogP contribution < -0.4 is 15.8 Å². The molecule has 0 aromatic heterocycles. The second kappa shape index (κ2) is 6.82. The van der Waals surface area contributed by atoms with Crippen LogP contribution in [0.5, 0.6) is 5.75 Å². The van der Waals surface area contributed by atoms with Crippen molar-refractivity contribution in [1.29, 1.82) is 0 Å². The lowest BCUT2D eigenvalue weighted by Crippen LogP contribution is -2.28. The lowest BCUT2D eigenvalue weighted by atomic mass is 10.2. The van der Waals surface area contributed by atoms with Gasteiger partial charge in [-0.1, -0.05) is 35.9 Å². The molecular formula is C15H15ClN2O2. The molecule has 1 amide bonds. The van der Waals surface area contributed by atoms with Crippen LogP contribution >= 0.6 is 11.6 Å². The van der Waals surface area contributed by atoms with Crippen LogP contribution in [-0.4, -0.2) is 12.5 Å². The highest BCUT2D eigenvalue weighted by molar-refractivity contribution is 6.31. The highest BCUT2D eigenvalue weighted by Gasteiger charge is 2.04. The van der Waals surface area contributed by atoms with E-state index < -0.39 is 0 Å². The minimum absolute atomic E-state index is 0.0616. The summed E-state index contributed by atoms with van der Waals surface area (Å²) >= 11 is 6.00. The summed E-state index contributed by atoms with van der Waals surface area (Å²) in [5, 5.41) is 3.37. The smallest absolute Gasteiger partial charge is 0.258 e. The number of anilines is 1. The van der Waals surface area contributed by atoms with Crippen LogP contribution in [0.2, 0.25) is 5.02 Å². The predicted octanol–water partition coefficient (Wildman–Crippen LogP) is 2.62. The largest absolute Gasteiger partial charge is 0.484 e. The fraction of sp³-hybridized carbons (Fsp3) is 0.133. The molecule has 0 saturated heterocycles. The van der Waals surface area contributed by atoms with Gasteiger partial charge >= 0.3 is 0 Å². The van der Waals surface area contributed by atoms with E-state index in [2.05, 4.69) is 5.32 Å². The molecule has 2 rings (SSSR count). The highest BCUT2D eigenvalue weighted by Crippen LogP contribution is 2.15. The fourth-order valence-electron chi connectivity index (χ4n) is 1.64. The molecule has 0 heterocycles. The van der Waals surface area contributed by atoms with E-state index in [0.717, 1.165) is 5.56 Å². The van der Waals surface area contributed by atoms with Gasteiger partial charge in [-0.25, -0.2) is 0 Å². The molecule has 3 N–H and O–H groups in total. The topological polar surface area (TPSA) is 64.3 Å². The second-order valence-corrected chi connectivity index (χ2v) is 4.64. The Labute approximate surface area is 122 Å². The summed E-state index contributed by atoms with van der Waals surface area (Å²) in [4.78, 5) is 11.7. The van der Waals surface area contributed by atoms with Gasteiger partial charge in [0.2, 0.25) is 0 Å². The zero-order valence-electron chi connectivity index (χ0n) is 10.8. The van der Waals surface area contributed by atoms with Gasteiger partial charge in [-0.3, -0.25) is 4.79 Å². The van der Waals surface area contributed by atoms with Crippen molar-refractivity contribution < 1.29 is 9.53 Å². The number of rotatable bonds is 5. The van der Waals surface area contributed by atoms with E-state index in [1.54, 1.807) is 30.3 Å². The maximum absolute atomic E-state index is 11.7. The summed E-state index contributed by atoms with van der Waals surface area (Å²) in [5.41, 5.74) is 7.08. The molecule has 2 aromatic carbocycles. The van der Waals surface area contributed by atoms with Crippen molar-refractivity contribution in [1.82, 2.24) is 5.32 Å². The number of carbonyl (C=O) groups is 1. The van der Waals surface area contributed by atoms with Crippen molar-refractivity contribution in [3.63, 3.8) is 0 Å². The van der Waals surface area contributed by atoms with Crippen LogP contribution in [0, 0.1) is 0 Å². The van der Waals surface area contributed by atoms with Crippen molar-refractivity contribution in [3.8, 4) is 5.75 Å². The van der Waals surface area contributed by atoms with Gasteiger partial charge < -0.3 is 15.8 Å². The Bertz CT molecular complexity index is 602. The molecule has 2 aromatic rings. The summed E-state index contributed by atoms with van der Waals surface area (Å²) in [5.74, 6) is 0.352. The molecule has 4 nitrogen and oxygen atoms in total. The van der Waals surface area contributed by atoms with Gasteiger partial charge in [0.1, 0.15) is 5.75 Å². The molecule has 0 atom stereocenters. The standard InChI is InChI=1S/C15H15ClN2O2/c16-14-7-2-1-4-11(14)9-18-15(19)10-20-13-6-3-5-12(17)8-13/h1-8H,9-10,17H2,(H,18,19). The minimum Gasteiger partial charge on any atom is -0.484 e. The average molecular weight is 291 g/mol. The molecule has 0 bridgehead atoms. The van der Waals surface area contributed by atoms with Gasteiger partial charge in [0.25, 0.3) is 5.91 Å². The molecule has 5 heteroatoms. The van der Waals surface area contributed by atoms with E-state index in [9.17, 15) is 4.79 Å². The van der Waals surface area contributed by atoms with Crippen LogP contribution in [0.4, 0.5) is 5.69 Å². The van der Waals surface area contributed by atoms with E-state index >= 15 is 0 Å². The predicted molar refractivity (Wildman–Crippen MR) is 79.6 cm³/mol. The zero-order valence-corrected chi connectivity index (χ0v) is 11.6. The maximum atomic E-state index is 11.7. The summed E-state index contributed by atoms with van der Waals surface area (Å²) < 4.78 is 5.34. The van der Waals surface area contributed by atoms with E-state index in [0.29, 0.717) is 23.0 Å². The number of ether oxygens (including phenoxy) is 1. The van der Waals surface area contributed by atoms with Crippen LogP contribution in [0.15, 0.2) is 48.5 Å². The number of carbonyl (C=O) groups excluding carboxylic acids is 1. The Hall–Kier alpha value is -2.20. The molecule has 0 radical (unpaired) electrons. The van der Waals surface area contributed by atoms with Crippen LogP contribution in [-0.2, 0) is 11.3 Å². The number of hydrogen-bond acceptors (Lipinski definition) is 3. The maximum Gasteiger partial charge on any atom is 0.258 e. The fourth-order valence-corrected chi connectivity index (χ4v) is 1.84. The Morgan fingerprint density at radius 2 is 2.00 bits per heavy atom. The SMILES string of the molecule is Nc1cccc(OCC(=O)NCc2ccccc2Cl)c1. The molecule has 0 aliphatic rings. The molecule has 20 heavy (non-hydrogen) atoms. The first-order valence-corrected chi connectivity index (χ1v) is 6.51. The Kier molecular flexibility index (Phi) is 4.85. The van der Waals surface area contributed by atoms with Crippen molar-refractivity contribution in [3.05, 3.63) is 59.1 Å². The van der Waals surface area contributed by atoms with Crippen molar-refractivity contribution in [2.45, 2.75) is 6.54 Å². The lowest BCUT2D eigenvalue weighted by Gasteiger charge is -2.08. The van der Waals surface area contributed by atoms with Gasteiger partial charge in [-0.15, -0.1) is 0 Å². The Balaban J connectivity index is 1.80. The summed E-state index contributed by atoms with van der Waals surface area (Å²) in [7, 11) is 0. The molecule has 0 aliphatic heterocycles. The Morgan fingerprint density at radius 3 is 2.75 bits per heavy atom. The summed E-state index contributed by atoms with van der Waals surface area (Å²) in [6.45, 7) is 0.312. The number of amides is 1. The third-order valence-electron chi connectivity index (χ3n) is 2.66. The zero-order chi connectivity index (χ0) is 14.4. The average Bonchev–Trinajstić information content (AvgIpc) is 2.44. The van der Waals surface area contributed by atoms with Gasteiger partial charge in [-0.05, 0) is 23.8 Å². The molecule has 104 valence electrons. The molecule has 0 unspecified atom stereocenters. The first-order chi connectivity index (χ1) is 9.65. The Morgan fingerprint density at radius 1 is 1.20 bits per heavy atom. The van der Waals surface area contributed by atoms with Gasteiger partial charge in [0, 0.05) is 23.3 Å². The molecule has 0 saturated carbocycles. The monoisotopic (exact) mass is 290 g/mol. The number of nitrogen functional groups attached to an aromatic ring is 1. The van der Waals surface area contributed by atoms with Crippen LogP contribution in [0.1, 0.15) is 5.56 Å². The van der Waals surface area contributed by atoms with Crippen molar-refractivity contribution in [2.75, 3.05) is 12.3 Å². The van der Waals surface area contributed by atoms with E-state index in [-0.39, 0.29) is 12.5 Å². The third kappa shape index (κ3) is 4.17. The molecular weight excluding hydrogens is 276 g/mol.